The molecule has 0 aromatic heterocycles. The van der Waals surface area contributed by atoms with Crippen molar-refractivity contribution in [2.45, 2.75) is 38.8 Å². The summed E-state index contributed by atoms with van der Waals surface area (Å²) in [6.07, 6.45) is 3.59. The summed E-state index contributed by atoms with van der Waals surface area (Å²) in [5.74, 6) is 1.70. The molecule has 1 atom stereocenters. The number of benzene rings is 3. The standard InChI is InChI=1S/C24H25NO4.ClH/c1-14(26)29-16-6-7-17-18-9-15-5-4-8-25(15)13-22(18)21-12-24(28-3)23(27-2)11-20(21)19(17)10-16;/h6-7,10-12,15H,4-5,8-9,13H2,1-3H3;1H/t15-;/m0./s1. The molecule has 5 rings (SSSR count). The van der Waals surface area contributed by atoms with Crippen LogP contribution in [-0.4, -0.2) is 37.7 Å². The number of methoxy groups -OCH3 is 2. The van der Waals surface area contributed by atoms with Gasteiger partial charge in [-0.2, -0.15) is 0 Å². The summed E-state index contributed by atoms with van der Waals surface area (Å²) in [7, 11) is 3.33. The Bertz CT molecular complexity index is 1140. The Morgan fingerprint density at radius 2 is 1.67 bits per heavy atom. The number of hydrogen-bond acceptors (Lipinski definition) is 5. The van der Waals surface area contributed by atoms with Crippen molar-refractivity contribution in [1.29, 1.82) is 0 Å². The summed E-state index contributed by atoms with van der Waals surface area (Å²) in [5, 5.41) is 4.62. The first kappa shape index (κ1) is 20.8. The van der Waals surface area contributed by atoms with E-state index in [0.717, 1.165) is 29.5 Å². The van der Waals surface area contributed by atoms with Crippen molar-refractivity contribution in [3.63, 3.8) is 0 Å². The topological polar surface area (TPSA) is 48.0 Å². The van der Waals surface area contributed by atoms with E-state index in [1.54, 1.807) is 14.2 Å². The second-order valence-electron chi connectivity index (χ2n) is 7.98. The van der Waals surface area contributed by atoms with Gasteiger partial charge in [-0.15, -0.1) is 12.4 Å². The Morgan fingerprint density at radius 1 is 0.967 bits per heavy atom. The number of fused-ring (bicyclic) bond motifs is 7. The van der Waals surface area contributed by atoms with E-state index in [1.165, 1.54) is 48.2 Å². The van der Waals surface area contributed by atoms with E-state index < -0.39 is 0 Å². The van der Waals surface area contributed by atoms with Crippen LogP contribution in [0.1, 0.15) is 30.9 Å². The fraction of sp³-hybridized carbons (Fsp3) is 0.375. The molecule has 0 bridgehead atoms. The lowest BCUT2D eigenvalue weighted by Gasteiger charge is -2.33. The highest BCUT2D eigenvalue weighted by molar-refractivity contribution is 6.12. The molecule has 0 amide bonds. The lowest BCUT2D eigenvalue weighted by atomic mass is 9.85. The fourth-order valence-electron chi connectivity index (χ4n) is 5.10. The Hall–Kier alpha value is -2.50. The number of carbonyl (C=O) groups is 1. The smallest absolute Gasteiger partial charge is 0.308 e. The van der Waals surface area contributed by atoms with Gasteiger partial charge in [0.25, 0.3) is 0 Å². The minimum Gasteiger partial charge on any atom is -0.493 e. The van der Waals surface area contributed by atoms with Gasteiger partial charge in [0.2, 0.25) is 0 Å². The van der Waals surface area contributed by atoms with Crippen LogP contribution in [0.25, 0.3) is 21.5 Å². The van der Waals surface area contributed by atoms with Gasteiger partial charge in [0.05, 0.1) is 14.2 Å². The van der Waals surface area contributed by atoms with E-state index in [2.05, 4.69) is 17.0 Å². The number of hydrogen-bond donors (Lipinski definition) is 0. The summed E-state index contributed by atoms with van der Waals surface area (Å²) in [4.78, 5) is 14.1. The molecule has 0 unspecified atom stereocenters. The predicted molar refractivity (Wildman–Crippen MR) is 120 cm³/mol. The first-order valence-corrected chi connectivity index (χ1v) is 10.1. The summed E-state index contributed by atoms with van der Waals surface area (Å²) >= 11 is 0. The molecule has 0 saturated carbocycles. The highest BCUT2D eigenvalue weighted by Crippen LogP contribution is 2.44. The lowest BCUT2D eigenvalue weighted by Crippen LogP contribution is -2.35. The molecule has 2 aliphatic rings. The zero-order valence-electron chi connectivity index (χ0n) is 17.5. The van der Waals surface area contributed by atoms with Gasteiger partial charge >= 0.3 is 5.97 Å². The third kappa shape index (κ3) is 3.26. The van der Waals surface area contributed by atoms with Crippen molar-refractivity contribution in [2.75, 3.05) is 20.8 Å². The number of nitrogens with zero attached hydrogens (tertiary/aromatic N) is 1. The first-order chi connectivity index (χ1) is 14.1. The molecule has 3 aromatic carbocycles. The van der Waals surface area contributed by atoms with Crippen molar-refractivity contribution >= 4 is 39.9 Å². The highest BCUT2D eigenvalue weighted by Gasteiger charge is 2.32. The summed E-state index contributed by atoms with van der Waals surface area (Å²) < 4.78 is 16.6. The van der Waals surface area contributed by atoms with Gasteiger partial charge in [-0.05, 0) is 82.7 Å². The molecular weight excluding hydrogens is 402 g/mol. The third-order valence-electron chi connectivity index (χ3n) is 6.38. The van der Waals surface area contributed by atoms with Crippen LogP contribution in [0.4, 0.5) is 0 Å². The molecule has 5 nitrogen and oxygen atoms in total. The Balaban J connectivity index is 0.00000218. The van der Waals surface area contributed by atoms with E-state index in [1.807, 2.05) is 18.2 Å². The van der Waals surface area contributed by atoms with Crippen LogP contribution in [0, 0.1) is 0 Å². The van der Waals surface area contributed by atoms with Gasteiger partial charge in [-0.3, -0.25) is 9.69 Å². The van der Waals surface area contributed by atoms with E-state index >= 15 is 0 Å². The minimum atomic E-state index is -0.313. The number of ether oxygens (including phenoxy) is 3. The van der Waals surface area contributed by atoms with Crippen LogP contribution in [0.2, 0.25) is 0 Å². The van der Waals surface area contributed by atoms with E-state index in [-0.39, 0.29) is 18.4 Å². The van der Waals surface area contributed by atoms with Gasteiger partial charge < -0.3 is 14.2 Å². The summed E-state index contributed by atoms with van der Waals surface area (Å²) in [6, 6.07) is 10.7. The maximum atomic E-state index is 11.5. The van der Waals surface area contributed by atoms with E-state index in [9.17, 15) is 4.79 Å². The maximum absolute atomic E-state index is 11.5. The third-order valence-corrected chi connectivity index (χ3v) is 6.38. The molecule has 2 aliphatic heterocycles. The quantitative estimate of drug-likeness (QED) is 0.339. The Morgan fingerprint density at radius 3 is 2.37 bits per heavy atom. The van der Waals surface area contributed by atoms with Crippen molar-refractivity contribution < 1.29 is 19.0 Å². The largest absolute Gasteiger partial charge is 0.493 e. The number of halogens is 1. The molecular formula is C24H26ClNO4. The Labute approximate surface area is 182 Å². The van der Waals surface area contributed by atoms with E-state index in [0.29, 0.717) is 17.5 Å². The normalized spacial score (nSPS) is 17.9. The van der Waals surface area contributed by atoms with Crippen LogP contribution in [-0.2, 0) is 17.8 Å². The summed E-state index contributed by atoms with van der Waals surface area (Å²) in [5.41, 5.74) is 2.80. The molecule has 6 heteroatoms. The van der Waals surface area contributed by atoms with Gasteiger partial charge in [-0.25, -0.2) is 0 Å². The minimum absolute atomic E-state index is 0. The maximum Gasteiger partial charge on any atom is 0.308 e. The first-order valence-electron chi connectivity index (χ1n) is 10.1. The molecule has 0 aliphatic carbocycles. The predicted octanol–water partition coefficient (Wildman–Crippen LogP) is 4.88. The van der Waals surface area contributed by atoms with Gasteiger partial charge in [0.1, 0.15) is 5.75 Å². The van der Waals surface area contributed by atoms with Crippen molar-refractivity contribution in [3.8, 4) is 17.2 Å². The zero-order chi connectivity index (χ0) is 20.1. The Kier molecular flexibility index (Phi) is 5.51. The zero-order valence-corrected chi connectivity index (χ0v) is 18.3. The SMILES string of the molecule is COc1cc2c3c(c4ccc(OC(C)=O)cc4c2cc1OC)C[C@@H]1CCCN1C3.Cl. The average Bonchev–Trinajstić information content (AvgIpc) is 3.18. The van der Waals surface area contributed by atoms with E-state index in [4.69, 9.17) is 14.2 Å². The van der Waals surface area contributed by atoms with Crippen LogP contribution in [0.5, 0.6) is 17.2 Å². The van der Waals surface area contributed by atoms with Gasteiger partial charge in [0, 0.05) is 19.5 Å². The molecule has 158 valence electrons. The van der Waals surface area contributed by atoms with Crippen molar-refractivity contribution in [1.82, 2.24) is 4.90 Å². The molecule has 0 radical (unpaired) electrons. The van der Waals surface area contributed by atoms with Crippen molar-refractivity contribution in [2.24, 2.45) is 0 Å². The second-order valence-corrected chi connectivity index (χ2v) is 7.98. The second kappa shape index (κ2) is 7.97. The van der Waals surface area contributed by atoms with Crippen LogP contribution in [0.15, 0.2) is 30.3 Å². The highest BCUT2D eigenvalue weighted by atomic mass is 35.5. The van der Waals surface area contributed by atoms with Crippen molar-refractivity contribution in [3.05, 3.63) is 41.5 Å². The average molecular weight is 428 g/mol. The van der Waals surface area contributed by atoms with Gasteiger partial charge in [-0.1, -0.05) is 6.07 Å². The number of carbonyl (C=O) groups excluding carboxylic acids is 1. The molecule has 2 heterocycles. The van der Waals surface area contributed by atoms with Crippen LogP contribution < -0.4 is 14.2 Å². The molecule has 1 fully saturated rings. The fourth-order valence-corrected chi connectivity index (χ4v) is 5.10. The summed E-state index contributed by atoms with van der Waals surface area (Å²) in [6.45, 7) is 3.56. The number of esters is 1. The van der Waals surface area contributed by atoms with Crippen LogP contribution >= 0.6 is 12.4 Å². The molecule has 3 aromatic rings. The molecule has 0 N–H and O–H groups in total. The lowest BCUT2D eigenvalue weighted by molar-refractivity contribution is -0.131. The monoisotopic (exact) mass is 427 g/mol. The number of rotatable bonds is 3. The molecule has 0 spiro atoms. The molecule has 1 saturated heterocycles. The molecule has 30 heavy (non-hydrogen) atoms. The van der Waals surface area contributed by atoms with Crippen LogP contribution in [0.3, 0.4) is 0 Å². The van der Waals surface area contributed by atoms with Gasteiger partial charge in [0.15, 0.2) is 11.5 Å².